The van der Waals surface area contributed by atoms with Crippen molar-refractivity contribution in [3.63, 3.8) is 0 Å². The number of ketones is 1. The largest absolute Gasteiger partial charge is 0.445 e. The number of nitrogens with zero attached hydrogens (tertiary/aromatic N) is 2. The van der Waals surface area contributed by atoms with E-state index in [1.54, 1.807) is 4.90 Å². The maximum Gasteiger partial charge on any atom is 0.410 e. The second-order valence-electron chi connectivity index (χ2n) is 8.95. The highest BCUT2D eigenvalue weighted by Gasteiger charge is 2.41. The van der Waals surface area contributed by atoms with E-state index in [0.717, 1.165) is 24.0 Å². The van der Waals surface area contributed by atoms with Crippen LogP contribution in [0.3, 0.4) is 0 Å². The van der Waals surface area contributed by atoms with Crippen LogP contribution in [0.25, 0.3) is 0 Å². The van der Waals surface area contributed by atoms with Crippen LogP contribution in [0, 0.1) is 5.92 Å². The summed E-state index contributed by atoms with van der Waals surface area (Å²) in [6.07, 6.45) is 1.89. The summed E-state index contributed by atoms with van der Waals surface area (Å²) < 4.78 is 5.53. The Morgan fingerprint density at radius 2 is 1.61 bits per heavy atom. The number of likely N-dealkylation sites (tertiary alicyclic amines) is 1. The van der Waals surface area contributed by atoms with Gasteiger partial charge in [-0.1, -0.05) is 60.7 Å². The van der Waals surface area contributed by atoms with Gasteiger partial charge in [-0.15, -0.1) is 0 Å². The zero-order valence-corrected chi connectivity index (χ0v) is 19.2. The quantitative estimate of drug-likeness (QED) is 0.657. The Kier molecular flexibility index (Phi) is 7.43. The maximum atomic E-state index is 13.3. The summed E-state index contributed by atoms with van der Waals surface area (Å²) in [6.45, 7) is 3.97. The normalized spacial score (nSPS) is 21.1. The molecule has 2 aromatic rings. The van der Waals surface area contributed by atoms with Crippen LogP contribution in [0.4, 0.5) is 4.79 Å². The van der Waals surface area contributed by atoms with E-state index in [0.29, 0.717) is 32.5 Å². The fourth-order valence-electron chi connectivity index (χ4n) is 5.14. The summed E-state index contributed by atoms with van der Waals surface area (Å²) in [5.74, 6) is -0.0862. The van der Waals surface area contributed by atoms with Crippen molar-refractivity contribution in [3.05, 3.63) is 71.8 Å². The molecular formula is C27H32N2O4. The van der Waals surface area contributed by atoms with Gasteiger partial charge in [-0.2, -0.15) is 0 Å². The average Bonchev–Trinajstić information content (AvgIpc) is 3.26. The van der Waals surface area contributed by atoms with Gasteiger partial charge in [0.2, 0.25) is 5.91 Å². The van der Waals surface area contributed by atoms with Crippen LogP contribution in [0.15, 0.2) is 60.7 Å². The number of hydrogen-bond acceptors (Lipinski definition) is 4. The molecule has 2 unspecified atom stereocenters. The minimum absolute atomic E-state index is 0.0379. The summed E-state index contributed by atoms with van der Waals surface area (Å²) in [4.78, 5) is 41.9. The molecule has 33 heavy (non-hydrogen) atoms. The molecule has 6 nitrogen and oxygen atoms in total. The highest BCUT2D eigenvalue weighted by atomic mass is 16.6. The Hall–Kier alpha value is -3.15. The van der Waals surface area contributed by atoms with E-state index in [4.69, 9.17) is 4.74 Å². The fourth-order valence-corrected chi connectivity index (χ4v) is 5.14. The molecule has 174 valence electrons. The van der Waals surface area contributed by atoms with Crippen molar-refractivity contribution in [2.24, 2.45) is 5.92 Å². The molecule has 2 aliphatic rings. The summed E-state index contributed by atoms with van der Waals surface area (Å²) in [7, 11) is 0. The number of carbonyl (C=O) groups is 3. The van der Waals surface area contributed by atoms with Gasteiger partial charge < -0.3 is 14.5 Å². The molecule has 0 bridgehead atoms. The maximum absolute atomic E-state index is 13.3. The lowest BCUT2D eigenvalue weighted by Crippen LogP contribution is -2.50. The van der Waals surface area contributed by atoms with Crippen molar-refractivity contribution in [1.29, 1.82) is 0 Å². The monoisotopic (exact) mass is 448 g/mol. The first kappa shape index (κ1) is 23.0. The van der Waals surface area contributed by atoms with Gasteiger partial charge in [0.25, 0.3) is 0 Å². The van der Waals surface area contributed by atoms with Crippen molar-refractivity contribution in [2.75, 3.05) is 19.6 Å². The number of amides is 2. The highest BCUT2D eigenvalue weighted by Crippen LogP contribution is 2.39. The second-order valence-corrected chi connectivity index (χ2v) is 8.95. The van der Waals surface area contributed by atoms with E-state index >= 15 is 0 Å². The van der Waals surface area contributed by atoms with Gasteiger partial charge in [0.15, 0.2) is 0 Å². The Bertz CT molecular complexity index is 955. The molecule has 0 aromatic heterocycles. The van der Waals surface area contributed by atoms with Crippen LogP contribution < -0.4 is 0 Å². The average molecular weight is 449 g/mol. The lowest BCUT2D eigenvalue weighted by Gasteiger charge is -2.38. The lowest BCUT2D eigenvalue weighted by atomic mass is 9.87. The molecule has 2 atom stereocenters. The van der Waals surface area contributed by atoms with Gasteiger partial charge in [-0.3, -0.25) is 9.59 Å². The van der Waals surface area contributed by atoms with E-state index in [-0.39, 0.29) is 42.3 Å². The number of benzene rings is 2. The molecule has 2 aromatic carbocycles. The first-order valence-electron chi connectivity index (χ1n) is 11.9. The zero-order chi connectivity index (χ0) is 23.2. The number of Topliss-reactive ketones (excluding diaryl/α,β-unsaturated/α-hetero) is 1. The Morgan fingerprint density at radius 3 is 2.24 bits per heavy atom. The van der Waals surface area contributed by atoms with E-state index in [1.165, 1.54) is 0 Å². The minimum Gasteiger partial charge on any atom is -0.445 e. The van der Waals surface area contributed by atoms with E-state index in [1.807, 2.05) is 72.5 Å². The molecule has 6 heteroatoms. The van der Waals surface area contributed by atoms with Gasteiger partial charge in [0, 0.05) is 44.4 Å². The molecule has 1 heterocycles. The molecule has 2 fully saturated rings. The fraction of sp³-hybridized carbons (Fsp3) is 0.444. The van der Waals surface area contributed by atoms with E-state index in [2.05, 4.69) is 0 Å². The first-order valence-corrected chi connectivity index (χ1v) is 11.9. The standard InChI is InChI=1S/C27H32N2O4/c1-2-29(27(32)33-19-20-9-5-3-6-10-20)22-13-15-28(16-14-22)26(31)25-18-23(30)17-24(25)21-11-7-4-8-12-21/h3-12,22,24-25H,2,13-19H2,1H3. The minimum atomic E-state index is -0.309. The summed E-state index contributed by atoms with van der Waals surface area (Å²) in [6, 6.07) is 19.6. The van der Waals surface area contributed by atoms with Crippen LogP contribution in [-0.4, -0.2) is 53.3 Å². The second kappa shape index (κ2) is 10.6. The Labute approximate surface area is 195 Å². The number of piperidine rings is 1. The molecule has 1 saturated heterocycles. The zero-order valence-electron chi connectivity index (χ0n) is 19.2. The number of ether oxygens (including phenoxy) is 1. The third kappa shape index (κ3) is 5.44. The van der Waals surface area contributed by atoms with Crippen molar-refractivity contribution >= 4 is 17.8 Å². The molecule has 1 saturated carbocycles. The lowest BCUT2D eigenvalue weighted by molar-refractivity contribution is -0.138. The summed E-state index contributed by atoms with van der Waals surface area (Å²) in [5, 5.41) is 0. The van der Waals surface area contributed by atoms with Crippen molar-refractivity contribution in [2.45, 2.75) is 51.2 Å². The SMILES string of the molecule is CCN(C(=O)OCc1ccccc1)C1CCN(C(=O)C2CC(=O)CC2c2ccccc2)CC1. The molecule has 0 spiro atoms. The molecule has 1 aliphatic carbocycles. The van der Waals surface area contributed by atoms with Crippen LogP contribution in [0.1, 0.15) is 49.7 Å². The molecule has 0 N–H and O–H groups in total. The van der Waals surface area contributed by atoms with Crippen molar-refractivity contribution < 1.29 is 19.1 Å². The van der Waals surface area contributed by atoms with Gasteiger partial charge in [0.05, 0.1) is 5.92 Å². The highest BCUT2D eigenvalue weighted by molar-refractivity contribution is 5.92. The Morgan fingerprint density at radius 1 is 0.970 bits per heavy atom. The van der Waals surface area contributed by atoms with Crippen LogP contribution in [0.2, 0.25) is 0 Å². The topological polar surface area (TPSA) is 66.9 Å². The van der Waals surface area contributed by atoms with Gasteiger partial charge in [-0.05, 0) is 30.9 Å². The number of carbonyl (C=O) groups excluding carboxylic acids is 3. The molecule has 0 radical (unpaired) electrons. The number of rotatable bonds is 6. The molecule has 2 amide bonds. The van der Waals surface area contributed by atoms with E-state index in [9.17, 15) is 14.4 Å². The van der Waals surface area contributed by atoms with Crippen molar-refractivity contribution in [3.8, 4) is 0 Å². The number of hydrogen-bond donors (Lipinski definition) is 0. The first-order chi connectivity index (χ1) is 16.1. The molecular weight excluding hydrogens is 416 g/mol. The summed E-state index contributed by atoms with van der Waals surface area (Å²) in [5.41, 5.74) is 2.02. The van der Waals surface area contributed by atoms with Gasteiger partial charge in [-0.25, -0.2) is 4.79 Å². The smallest absolute Gasteiger partial charge is 0.410 e. The molecule has 4 rings (SSSR count). The Balaban J connectivity index is 1.33. The van der Waals surface area contributed by atoms with E-state index < -0.39 is 0 Å². The molecule has 1 aliphatic heterocycles. The van der Waals surface area contributed by atoms with Crippen LogP contribution in [0.5, 0.6) is 0 Å². The van der Waals surface area contributed by atoms with Crippen LogP contribution in [-0.2, 0) is 20.9 Å². The predicted molar refractivity (Wildman–Crippen MR) is 126 cm³/mol. The summed E-state index contributed by atoms with van der Waals surface area (Å²) >= 11 is 0. The van der Waals surface area contributed by atoms with Gasteiger partial charge >= 0.3 is 6.09 Å². The van der Waals surface area contributed by atoms with Crippen molar-refractivity contribution in [1.82, 2.24) is 9.80 Å². The van der Waals surface area contributed by atoms with Gasteiger partial charge in [0.1, 0.15) is 12.4 Å². The predicted octanol–water partition coefficient (Wildman–Crippen LogP) is 4.40. The third-order valence-electron chi connectivity index (χ3n) is 6.92. The van der Waals surface area contributed by atoms with Crippen LogP contribution >= 0.6 is 0 Å². The third-order valence-corrected chi connectivity index (χ3v) is 6.92.